The molecule has 1 saturated carbocycles. The summed E-state index contributed by atoms with van der Waals surface area (Å²) >= 11 is 0. The minimum Gasteiger partial charge on any atom is -0.350 e. The van der Waals surface area contributed by atoms with Gasteiger partial charge in [-0.1, -0.05) is 0 Å². The second-order valence-corrected chi connectivity index (χ2v) is 5.75. The van der Waals surface area contributed by atoms with E-state index in [1.807, 2.05) is 0 Å². The molecule has 1 heterocycles. The number of pyridine rings is 1. The number of nitro benzene ring substituents is 1. The summed E-state index contributed by atoms with van der Waals surface area (Å²) in [5, 5.41) is 13.9. The summed E-state index contributed by atoms with van der Waals surface area (Å²) in [6, 6.07) is 5.01. The molecule has 120 valence electrons. The quantitative estimate of drug-likeness (QED) is 0.557. The number of nitro groups is 1. The molecule has 8 nitrogen and oxygen atoms in total. The van der Waals surface area contributed by atoms with Gasteiger partial charge in [-0.15, -0.1) is 0 Å². The number of nitrogens with two attached hydrogens (primary N) is 1. The number of carbonyl (C=O) groups excluding carboxylic acids is 1. The van der Waals surface area contributed by atoms with Crippen LogP contribution in [0.4, 0.5) is 5.69 Å². The van der Waals surface area contributed by atoms with Gasteiger partial charge in [-0.2, -0.15) is 0 Å². The summed E-state index contributed by atoms with van der Waals surface area (Å²) in [6.07, 6.45) is 2.13. The highest BCUT2D eigenvalue weighted by molar-refractivity contribution is 6.06. The Hall–Kier alpha value is -2.74. The number of carbonyl (C=O) groups is 1. The van der Waals surface area contributed by atoms with Crippen molar-refractivity contribution in [3.05, 3.63) is 50.3 Å². The molecule has 3 rings (SSSR count). The molecule has 1 atom stereocenters. The van der Waals surface area contributed by atoms with Crippen molar-refractivity contribution in [1.82, 2.24) is 10.3 Å². The Bertz CT molecular complexity index is 841. The van der Waals surface area contributed by atoms with Crippen molar-refractivity contribution < 1.29 is 9.72 Å². The van der Waals surface area contributed by atoms with E-state index in [2.05, 4.69) is 10.3 Å². The van der Waals surface area contributed by atoms with Gasteiger partial charge in [-0.05, 0) is 24.8 Å². The number of nitrogens with zero attached hydrogens (tertiary/aromatic N) is 1. The second-order valence-electron chi connectivity index (χ2n) is 5.75. The average molecular weight is 316 g/mol. The van der Waals surface area contributed by atoms with Crippen molar-refractivity contribution in [2.75, 3.05) is 6.54 Å². The lowest BCUT2D eigenvalue weighted by Crippen LogP contribution is -2.38. The van der Waals surface area contributed by atoms with Gasteiger partial charge in [0.1, 0.15) is 0 Å². The van der Waals surface area contributed by atoms with Gasteiger partial charge in [0, 0.05) is 41.7 Å². The third-order valence-corrected chi connectivity index (χ3v) is 4.01. The number of non-ortho nitro benzene ring substituents is 1. The van der Waals surface area contributed by atoms with E-state index < -0.39 is 16.4 Å². The Balaban J connectivity index is 1.93. The van der Waals surface area contributed by atoms with Crippen molar-refractivity contribution in [3.8, 4) is 0 Å². The molecule has 1 amide bonds. The van der Waals surface area contributed by atoms with Gasteiger partial charge in [-0.25, -0.2) is 0 Å². The number of amides is 1. The van der Waals surface area contributed by atoms with Crippen LogP contribution in [-0.2, 0) is 0 Å². The third-order valence-electron chi connectivity index (χ3n) is 4.01. The van der Waals surface area contributed by atoms with Gasteiger partial charge < -0.3 is 16.0 Å². The molecule has 0 saturated heterocycles. The Morgan fingerprint density at radius 2 is 2.17 bits per heavy atom. The summed E-state index contributed by atoms with van der Waals surface area (Å²) in [4.78, 5) is 37.0. The highest BCUT2D eigenvalue weighted by Crippen LogP contribution is 2.31. The minimum absolute atomic E-state index is 0.107. The van der Waals surface area contributed by atoms with Gasteiger partial charge >= 0.3 is 0 Å². The van der Waals surface area contributed by atoms with E-state index in [0.29, 0.717) is 23.4 Å². The number of aromatic amines is 1. The highest BCUT2D eigenvalue weighted by atomic mass is 16.6. The van der Waals surface area contributed by atoms with E-state index in [1.165, 1.54) is 18.2 Å². The number of hydrogen-bond donors (Lipinski definition) is 3. The van der Waals surface area contributed by atoms with E-state index in [4.69, 9.17) is 5.73 Å². The first-order valence-electron chi connectivity index (χ1n) is 7.31. The average Bonchev–Trinajstić information content (AvgIpc) is 3.35. The number of hydrogen-bond acceptors (Lipinski definition) is 5. The molecule has 1 fully saturated rings. The highest BCUT2D eigenvalue weighted by Gasteiger charge is 2.28. The Morgan fingerprint density at radius 3 is 2.83 bits per heavy atom. The summed E-state index contributed by atoms with van der Waals surface area (Å²) < 4.78 is 0. The number of benzene rings is 1. The molecular weight excluding hydrogens is 300 g/mol. The summed E-state index contributed by atoms with van der Waals surface area (Å²) in [5.41, 5.74) is 5.83. The van der Waals surface area contributed by atoms with E-state index >= 15 is 0 Å². The summed E-state index contributed by atoms with van der Waals surface area (Å²) in [6.45, 7) is 0.312. The molecule has 23 heavy (non-hydrogen) atoms. The SMILES string of the molecule is NC(CNC(=O)c1cc(=O)[nH]c2ccc([N+](=O)[O-])cc12)C1CC1. The van der Waals surface area contributed by atoms with Crippen molar-refractivity contribution in [1.29, 1.82) is 0 Å². The Morgan fingerprint density at radius 1 is 1.43 bits per heavy atom. The molecule has 2 aromatic rings. The van der Waals surface area contributed by atoms with E-state index in [1.54, 1.807) is 0 Å². The molecule has 1 aromatic heterocycles. The smallest absolute Gasteiger partial charge is 0.270 e. The van der Waals surface area contributed by atoms with Crippen molar-refractivity contribution in [3.63, 3.8) is 0 Å². The largest absolute Gasteiger partial charge is 0.350 e. The van der Waals surface area contributed by atoms with E-state index in [9.17, 15) is 19.7 Å². The second kappa shape index (κ2) is 5.81. The molecule has 8 heteroatoms. The fourth-order valence-corrected chi connectivity index (χ4v) is 2.54. The maximum atomic E-state index is 12.4. The molecule has 0 spiro atoms. The summed E-state index contributed by atoms with van der Waals surface area (Å²) in [7, 11) is 0. The lowest BCUT2D eigenvalue weighted by molar-refractivity contribution is -0.384. The van der Waals surface area contributed by atoms with Crippen LogP contribution in [0.1, 0.15) is 23.2 Å². The number of fused-ring (bicyclic) bond motifs is 1. The number of H-pyrrole nitrogens is 1. The fraction of sp³-hybridized carbons (Fsp3) is 0.333. The van der Waals surface area contributed by atoms with Crippen LogP contribution in [0.2, 0.25) is 0 Å². The zero-order valence-corrected chi connectivity index (χ0v) is 12.2. The van der Waals surface area contributed by atoms with Crippen LogP contribution in [0.5, 0.6) is 0 Å². The molecule has 1 unspecified atom stereocenters. The van der Waals surface area contributed by atoms with Crippen molar-refractivity contribution >= 4 is 22.5 Å². The third kappa shape index (κ3) is 3.21. The number of aromatic nitrogens is 1. The first kappa shape index (κ1) is 15.2. The maximum Gasteiger partial charge on any atom is 0.270 e. The van der Waals surface area contributed by atoms with Crippen LogP contribution in [-0.4, -0.2) is 28.4 Å². The zero-order chi connectivity index (χ0) is 16.6. The van der Waals surface area contributed by atoms with Gasteiger partial charge in [0.15, 0.2) is 0 Å². The van der Waals surface area contributed by atoms with Gasteiger partial charge in [0.2, 0.25) is 5.56 Å². The molecule has 1 aliphatic carbocycles. The molecule has 0 aliphatic heterocycles. The first-order chi connectivity index (χ1) is 11.0. The van der Waals surface area contributed by atoms with Crippen LogP contribution in [0.3, 0.4) is 0 Å². The molecule has 1 aliphatic rings. The van der Waals surface area contributed by atoms with Gasteiger partial charge in [-0.3, -0.25) is 19.7 Å². The van der Waals surface area contributed by atoms with Crippen LogP contribution >= 0.6 is 0 Å². The van der Waals surface area contributed by atoms with Crippen molar-refractivity contribution in [2.24, 2.45) is 11.7 Å². The van der Waals surface area contributed by atoms with E-state index in [0.717, 1.165) is 18.9 Å². The normalized spacial score (nSPS) is 15.3. The van der Waals surface area contributed by atoms with Crippen molar-refractivity contribution in [2.45, 2.75) is 18.9 Å². The summed E-state index contributed by atoms with van der Waals surface area (Å²) in [5.74, 6) is -0.0231. The Labute approximate surface area is 130 Å². The van der Waals surface area contributed by atoms with Crippen LogP contribution in [0.15, 0.2) is 29.1 Å². The number of nitrogens with one attached hydrogen (secondary N) is 2. The van der Waals surface area contributed by atoms with Gasteiger partial charge in [0.25, 0.3) is 11.6 Å². The molecule has 4 N–H and O–H groups in total. The predicted octanol–water partition coefficient (Wildman–Crippen LogP) is 0.903. The first-order valence-corrected chi connectivity index (χ1v) is 7.31. The molecule has 0 radical (unpaired) electrons. The van der Waals surface area contributed by atoms with Crippen LogP contribution < -0.4 is 16.6 Å². The Kier molecular flexibility index (Phi) is 3.83. The minimum atomic E-state index is -0.546. The lowest BCUT2D eigenvalue weighted by atomic mass is 10.1. The monoisotopic (exact) mass is 316 g/mol. The lowest BCUT2D eigenvalue weighted by Gasteiger charge is -2.12. The fourth-order valence-electron chi connectivity index (χ4n) is 2.54. The predicted molar refractivity (Wildman–Crippen MR) is 84.3 cm³/mol. The maximum absolute atomic E-state index is 12.4. The van der Waals surface area contributed by atoms with Crippen LogP contribution in [0, 0.1) is 16.0 Å². The van der Waals surface area contributed by atoms with Gasteiger partial charge in [0.05, 0.1) is 10.5 Å². The van der Waals surface area contributed by atoms with E-state index in [-0.39, 0.29) is 17.3 Å². The molecule has 0 bridgehead atoms. The number of rotatable bonds is 5. The molecule has 1 aromatic carbocycles. The topological polar surface area (TPSA) is 131 Å². The van der Waals surface area contributed by atoms with Crippen LogP contribution in [0.25, 0.3) is 10.9 Å². The standard InChI is InChI=1S/C15H16N4O4/c16-12(8-1-2-8)7-17-15(21)11-6-14(20)18-13-4-3-9(19(22)23)5-10(11)13/h3-6,8,12H,1-2,7,16H2,(H,17,21)(H,18,20). The molecular formula is C15H16N4O4. The zero-order valence-electron chi connectivity index (χ0n) is 12.2.